The lowest BCUT2D eigenvalue weighted by Crippen LogP contribution is -2.31. The van der Waals surface area contributed by atoms with Crippen LogP contribution in [0, 0.1) is 0 Å². The molecule has 0 saturated carbocycles. The van der Waals surface area contributed by atoms with E-state index in [-0.39, 0.29) is 18.4 Å². The lowest BCUT2D eigenvalue weighted by molar-refractivity contribution is -0.118. The average Bonchev–Trinajstić information content (AvgIpc) is 2.10. The van der Waals surface area contributed by atoms with Gasteiger partial charge in [0.05, 0.1) is 0 Å². The molecular weight excluding hydrogens is 180 g/mol. The zero-order valence-corrected chi connectivity index (χ0v) is 8.67. The number of carbonyl (C=O) groups excluding carboxylic acids is 1. The summed E-state index contributed by atoms with van der Waals surface area (Å²) in [4.78, 5) is 10.5. The topological polar surface area (TPSA) is 107 Å². The molecule has 1 atom stereocenters. The zero-order chi connectivity index (χ0) is 10.8. The van der Waals surface area contributed by atoms with Gasteiger partial charge in [0.15, 0.2) is 0 Å². The predicted octanol–water partition coefficient (Wildman–Crippen LogP) is -1.09. The molecule has 0 saturated heterocycles. The standard InChI is InChI=1S/C9H22N4O/c10-4-1-2-5-13-6-3-8(11)7-9(12)14/h8,13H,1-7,10-11H2,(H2,12,14). The van der Waals surface area contributed by atoms with E-state index in [1.54, 1.807) is 0 Å². The summed E-state index contributed by atoms with van der Waals surface area (Å²) >= 11 is 0. The highest BCUT2D eigenvalue weighted by Crippen LogP contribution is 1.92. The van der Waals surface area contributed by atoms with Gasteiger partial charge in [-0.05, 0) is 38.9 Å². The highest BCUT2D eigenvalue weighted by Gasteiger charge is 2.04. The molecule has 7 N–H and O–H groups in total. The Balaban J connectivity index is 3.14. The van der Waals surface area contributed by atoms with Gasteiger partial charge < -0.3 is 22.5 Å². The van der Waals surface area contributed by atoms with Gasteiger partial charge in [-0.3, -0.25) is 4.79 Å². The van der Waals surface area contributed by atoms with Crippen molar-refractivity contribution in [2.45, 2.75) is 31.7 Å². The number of carbonyl (C=O) groups is 1. The van der Waals surface area contributed by atoms with Crippen molar-refractivity contribution in [3.63, 3.8) is 0 Å². The van der Waals surface area contributed by atoms with Crippen LogP contribution in [0.4, 0.5) is 0 Å². The molecule has 0 aromatic rings. The quantitative estimate of drug-likeness (QED) is 0.356. The number of unbranched alkanes of at least 4 members (excludes halogenated alkanes) is 1. The SMILES string of the molecule is NCCCCNCCC(N)CC(N)=O. The molecule has 1 unspecified atom stereocenters. The van der Waals surface area contributed by atoms with E-state index < -0.39 is 0 Å². The van der Waals surface area contributed by atoms with Gasteiger partial charge in [-0.1, -0.05) is 0 Å². The smallest absolute Gasteiger partial charge is 0.218 e. The molecule has 0 fully saturated rings. The van der Waals surface area contributed by atoms with Gasteiger partial charge in [0.1, 0.15) is 0 Å². The molecule has 0 aliphatic rings. The van der Waals surface area contributed by atoms with Crippen molar-refractivity contribution in [2.24, 2.45) is 17.2 Å². The second kappa shape index (κ2) is 8.93. The molecule has 0 aliphatic carbocycles. The third-order valence-corrected chi connectivity index (χ3v) is 1.96. The number of nitrogens with one attached hydrogen (secondary N) is 1. The first kappa shape index (κ1) is 13.4. The van der Waals surface area contributed by atoms with Crippen molar-refractivity contribution in [1.29, 1.82) is 0 Å². The molecule has 0 spiro atoms. The minimum atomic E-state index is -0.333. The van der Waals surface area contributed by atoms with Crippen LogP contribution >= 0.6 is 0 Å². The molecule has 84 valence electrons. The molecule has 0 heterocycles. The number of rotatable bonds is 9. The minimum absolute atomic E-state index is 0.116. The van der Waals surface area contributed by atoms with E-state index in [0.717, 1.165) is 38.9 Å². The highest BCUT2D eigenvalue weighted by molar-refractivity contribution is 5.74. The molecule has 5 heteroatoms. The van der Waals surface area contributed by atoms with E-state index in [4.69, 9.17) is 17.2 Å². The molecule has 0 radical (unpaired) electrons. The second-order valence-corrected chi connectivity index (χ2v) is 3.46. The molecule has 0 rings (SSSR count). The van der Waals surface area contributed by atoms with Crippen LogP contribution in [0.2, 0.25) is 0 Å². The van der Waals surface area contributed by atoms with Gasteiger partial charge in [-0.2, -0.15) is 0 Å². The minimum Gasteiger partial charge on any atom is -0.370 e. The van der Waals surface area contributed by atoms with E-state index in [9.17, 15) is 4.79 Å². The van der Waals surface area contributed by atoms with Crippen molar-refractivity contribution < 1.29 is 4.79 Å². The third-order valence-electron chi connectivity index (χ3n) is 1.96. The molecule has 0 aliphatic heterocycles. The Morgan fingerprint density at radius 3 is 2.57 bits per heavy atom. The number of primary amides is 1. The summed E-state index contributed by atoms with van der Waals surface area (Å²) in [6.07, 6.45) is 3.18. The first-order chi connectivity index (χ1) is 6.66. The zero-order valence-electron chi connectivity index (χ0n) is 8.67. The lowest BCUT2D eigenvalue weighted by Gasteiger charge is -2.09. The van der Waals surface area contributed by atoms with E-state index in [2.05, 4.69) is 5.32 Å². The maximum atomic E-state index is 10.5. The van der Waals surface area contributed by atoms with Crippen LogP contribution in [0.3, 0.4) is 0 Å². The van der Waals surface area contributed by atoms with Crippen molar-refractivity contribution >= 4 is 5.91 Å². The Morgan fingerprint density at radius 1 is 1.29 bits per heavy atom. The number of hydrogen-bond donors (Lipinski definition) is 4. The van der Waals surface area contributed by atoms with Gasteiger partial charge in [-0.15, -0.1) is 0 Å². The van der Waals surface area contributed by atoms with Gasteiger partial charge in [-0.25, -0.2) is 0 Å². The van der Waals surface area contributed by atoms with Gasteiger partial charge >= 0.3 is 0 Å². The van der Waals surface area contributed by atoms with Crippen LogP contribution in [0.1, 0.15) is 25.7 Å². The number of amides is 1. The van der Waals surface area contributed by atoms with Crippen LogP contribution in [0.25, 0.3) is 0 Å². The first-order valence-electron chi connectivity index (χ1n) is 5.11. The Kier molecular flexibility index (Phi) is 8.51. The monoisotopic (exact) mass is 202 g/mol. The van der Waals surface area contributed by atoms with Crippen LogP contribution in [0.15, 0.2) is 0 Å². The van der Waals surface area contributed by atoms with Crippen molar-refractivity contribution in [3.8, 4) is 0 Å². The van der Waals surface area contributed by atoms with Gasteiger partial charge in [0, 0.05) is 12.5 Å². The maximum absolute atomic E-state index is 10.5. The fourth-order valence-corrected chi connectivity index (χ4v) is 1.17. The summed E-state index contributed by atoms with van der Waals surface area (Å²) in [5.74, 6) is -0.333. The molecular formula is C9H22N4O. The third kappa shape index (κ3) is 9.44. The molecule has 0 aromatic heterocycles. The summed E-state index contributed by atoms with van der Waals surface area (Å²) in [7, 11) is 0. The molecule has 0 bridgehead atoms. The Bertz CT molecular complexity index is 152. The van der Waals surface area contributed by atoms with Crippen LogP contribution in [-0.4, -0.2) is 31.6 Å². The molecule has 14 heavy (non-hydrogen) atoms. The van der Waals surface area contributed by atoms with E-state index >= 15 is 0 Å². The molecule has 0 aromatic carbocycles. The Morgan fingerprint density at radius 2 is 2.00 bits per heavy atom. The van der Waals surface area contributed by atoms with Crippen molar-refractivity contribution in [1.82, 2.24) is 5.32 Å². The highest BCUT2D eigenvalue weighted by atomic mass is 16.1. The van der Waals surface area contributed by atoms with Crippen molar-refractivity contribution in [2.75, 3.05) is 19.6 Å². The first-order valence-corrected chi connectivity index (χ1v) is 5.11. The average molecular weight is 202 g/mol. The lowest BCUT2D eigenvalue weighted by atomic mass is 10.1. The number of nitrogens with two attached hydrogens (primary N) is 3. The molecule has 1 amide bonds. The fraction of sp³-hybridized carbons (Fsp3) is 0.889. The van der Waals surface area contributed by atoms with E-state index in [0.29, 0.717) is 0 Å². The summed E-state index contributed by atoms with van der Waals surface area (Å²) in [5, 5.41) is 3.24. The normalized spacial score (nSPS) is 12.7. The number of hydrogen-bond acceptors (Lipinski definition) is 4. The second-order valence-electron chi connectivity index (χ2n) is 3.46. The van der Waals surface area contributed by atoms with Gasteiger partial charge in [0.2, 0.25) is 5.91 Å². The fourth-order valence-electron chi connectivity index (χ4n) is 1.17. The van der Waals surface area contributed by atoms with E-state index in [1.807, 2.05) is 0 Å². The molecule has 5 nitrogen and oxygen atoms in total. The summed E-state index contributed by atoms with van der Waals surface area (Å²) < 4.78 is 0. The van der Waals surface area contributed by atoms with Crippen LogP contribution < -0.4 is 22.5 Å². The van der Waals surface area contributed by atoms with Crippen LogP contribution in [0.5, 0.6) is 0 Å². The van der Waals surface area contributed by atoms with Gasteiger partial charge in [0.25, 0.3) is 0 Å². The Labute approximate surface area is 85.4 Å². The van der Waals surface area contributed by atoms with E-state index in [1.165, 1.54) is 0 Å². The predicted molar refractivity (Wildman–Crippen MR) is 57.6 cm³/mol. The summed E-state index contributed by atoms with van der Waals surface area (Å²) in [5.41, 5.74) is 16.0. The maximum Gasteiger partial charge on any atom is 0.218 e. The summed E-state index contributed by atoms with van der Waals surface area (Å²) in [6.45, 7) is 2.53. The van der Waals surface area contributed by atoms with Crippen LogP contribution in [-0.2, 0) is 4.79 Å². The van der Waals surface area contributed by atoms with Crippen molar-refractivity contribution in [3.05, 3.63) is 0 Å². The summed E-state index contributed by atoms with van der Waals surface area (Å²) in [6, 6.07) is -0.116. The largest absolute Gasteiger partial charge is 0.370 e. The Hall–Kier alpha value is -0.650.